The van der Waals surface area contributed by atoms with Crippen molar-refractivity contribution in [3.8, 4) is 0 Å². The van der Waals surface area contributed by atoms with Gasteiger partial charge in [0.05, 0.1) is 15.7 Å². The van der Waals surface area contributed by atoms with Crippen LogP contribution in [0.15, 0.2) is 12.1 Å². The van der Waals surface area contributed by atoms with Gasteiger partial charge in [0.15, 0.2) is 0 Å². The van der Waals surface area contributed by atoms with Crippen molar-refractivity contribution in [1.82, 2.24) is 10.2 Å². The maximum atomic E-state index is 12.4. The Kier molecular flexibility index (Phi) is 5.45. The minimum atomic E-state index is -0.513. The number of hydrogen-bond acceptors (Lipinski definition) is 6. The number of thiophene rings is 1. The Morgan fingerprint density at radius 2 is 2.27 bits per heavy atom. The Morgan fingerprint density at radius 1 is 1.50 bits per heavy atom. The number of nitrogens with two attached hydrogens (primary N) is 1. The Hall–Kier alpha value is -2.00. The molecule has 1 saturated heterocycles. The van der Waals surface area contributed by atoms with E-state index in [2.05, 4.69) is 5.32 Å². The van der Waals surface area contributed by atoms with Crippen LogP contribution < -0.4 is 11.1 Å². The summed E-state index contributed by atoms with van der Waals surface area (Å²) >= 11 is 0.859. The molecule has 1 unspecified atom stereocenters. The average Bonchev–Trinajstić information content (AvgIpc) is 3.02. The Balaban J connectivity index is 2.00. The van der Waals surface area contributed by atoms with Crippen LogP contribution in [0.4, 0.5) is 5.00 Å². The Labute approximate surface area is 131 Å². The highest BCUT2D eigenvalue weighted by molar-refractivity contribution is 7.17. The number of nitro groups is 1. The van der Waals surface area contributed by atoms with E-state index < -0.39 is 4.92 Å². The van der Waals surface area contributed by atoms with E-state index in [1.54, 1.807) is 4.90 Å². The van der Waals surface area contributed by atoms with Crippen LogP contribution in [0.1, 0.15) is 22.5 Å². The van der Waals surface area contributed by atoms with Gasteiger partial charge in [0, 0.05) is 32.2 Å². The largest absolute Gasteiger partial charge is 0.355 e. The highest BCUT2D eigenvalue weighted by atomic mass is 32.1. The predicted octanol–water partition coefficient (Wildman–Crippen LogP) is 0.583. The number of nitrogens with zero attached hydrogens (tertiary/aromatic N) is 2. The summed E-state index contributed by atoms with van der Waals surface area (Å²) < 4.78 is 0. The molecule has 9 heteroatoms. The molecule has 0 saturated carbocycles. The van der Waals surface area contributed by atoms with Gasteiger partial charge in [0.25, 0.3) is 5.91 Å². The molecule has 120 valence electrons. The number of hydrogen-bond donors (Lipinski definition) is 2. The normalized spacial score (nSPS) is 18.0. The third kappa shape index (κ3) is 3.80. The molecule has 0 spiro atoms. The van der Waals surface area contributed by atoms with Crippen molar-refractivity contribution in [2.45, 2.75) is 12.8 Å². The number of rotatable bonds is 5. The molecular formula is C13H18N4O4S. The molecular weight excluding hydrogens is 308 g/mol. The van der Waals surface area contributed by atoms with Crippen molar-refractivity contribution in [2.75, 3.05) is 26.2 Å². The fourth-order valence-electron chi connectivity index (χ4n) is 2.41. The van der Waals surface area contributed by atoms with Gasteiger partial charge >= 0.3 is 5.00 Å². The monoisotopic (exact) mass is 326 g/mol. The maximum Gasteiger partial charge on any atom is 0.324 e. The molecule has 2 heterocycles. The van der Waals surface area contributed by atoms with Crippen molar-refractivity contribution in [1.29, 1.82) is 0 Å². The first-order valence-corrected chi connectivity index (χ1v) is 7.86. The first-order valence-electron chi connectivity index (χ1n) is 7.04. The number of amides is 2. The summed E-state index contributed by atoms with van der Waals surface area (Å²) in [6, 6.07) is 2.79. The van der Waals surface area contributed by atoms with E-state index in [9.17, 15) is 19.7 Å². The number of carbonyl (C=O) groups excluding carboxylic acids is 2. The minimum Gasteiger partial charge on any atom is -0.355 e. The number of carbonyl (C=O) groups is 2. The third-order valence-electron chi connectivity index (χ3n) is 3.51. The van der Waals surface area contributed by atoms with Gasteiger partial charge in [0.1, 0.15) is 0 Å². The molecule has 22 heavy (non-hydrogen) atoms. The van der Waals surface area contributed by atoms with Gasteiger partial charge in [-0.25, -0.2) is 0 Å². The van der Waals surface area contributed by atoms with Crippen LogP contribution in [0.5, 0.6) is 0 Å². The summed E-state index contributed by atoms with van der Waals surface area (Å²) in [5.74, 6) is -0.603. The van der Waals surface area contributed by atoms with Gasteiger partial charge in [-0.3, -0.25) is 19.7 Å². The summed E-state index contributed by atoms with van der Waals surface area (Å²) in [4.78, 5) is 36.4. The Morgan fingerprint density at radius 3 is 2.91 bits per heavy atom. The summed E-state index contributed by atoms with van der Waals surface area (Å²) in [5.41, 5.74) is 5.35. The average molecular weight is 326 g/mol. The standard InChI is InChI=1S/C13H18N4O4S/c14-5-6-15-12(18)9-2-1-7-16(8-9)13(19)10-3-4-11(22-10)17(20)21/h3-4,9H,1-2,5-8,14H2,(H,15,18). The molecule has 1 aromatic heterocycles. The van der Waals surface area contributed by atoms with E-state index in [0.29, 0.717) is 31.1 Å². The highest BCUT2D eigenvalue weighted by Crippen LogP contribution is 2.27. The summed E-state index contributed by atoms with van der Waals surface area (Å²) in [7, 11) is 0. The molecule has 1 aromatic rings. The van der Waals surface area contributed by atoms with Crippen molar-refractivity contribution < 1.29 is 14.5 Å². The molecule has 2 amide bonds. The first-order chi connectivity index (χ1) is 10.5. The van der Waals surface area contributed by atoms with Crippen LogP contribution in [0, 0.1) is 16.0 Å². The molecule has 0 aromatic carbocycles. The van der Waals surface area contributed by atoms with Crippen LogP contribution in [0.3, 0.4) is 0 Å². The molecule has 1 fully saturated rings. The van der Waals surface area contributed by atoms with Crippen molar-refractivity contribution >= 4 is 28.2 Å². The van der Waals surface area contributed by atoms with Crippen molar-refractivity contribution in [3.05, 3.63) is 27.1 Å². The van der Waals surface area contributed by atoms with E-state index in [-0.39, 0.29) is 22.7 Å². The van der Waals surface area contributed by atoms with Crippen LogP contribution in [0.25, 0.3) is 0 Å². The second-order valence-corrected chi connectivity index (χ2v) is 6.13. The van der Waals surface area contributed by atoms with E-state index in [1.165, 1.54) is 12.1 Å². The number of nitrogens with one attached hydrogen (secondary N) is 1. The second kappa shape index (κ2) is 7.32. The Bertz CT molecular complexity index is 574. The zero-order valence-corrected chi connectivity index (χ0v) is 12.8. The third-order valence-corrected chi connectivity index (χ3v) is 4.53. The molecule has 2 rings (SSSR count). The van der Waals surface area contributed by atoms with Gasteiger partial charge < -0.3 is 16.0 Å². The predicted molar refractivity (Wildman–Crippen MR) is 81.7 cm³/mol. The van der Waals surface area contributed by atoms with E-state index in [4.69, 9.17) is 5.73 Å². The zero-order valence-electron chi connectivity index (χ0n) is 12.0. The smallest absolute Gasteiger partial charge is 0.324 e. The van der Waals surface area contributed by atoms with Gasteiger partial charge in [0.2, 0.25) is 5.91 Å². The molecule has 0 aliphatic carbocycles. The lowest BCUT2D eigenvalue weighted by Gasteiger charge is -2.31. The van der Waals surface area contributed by atoms with Crippen molar-refractivity contribution in [3.63, 3.8) is 0 Å². The lowest BCUT2D eigenvalue weighted by molar-refractivity contribution is -0.380. The van der Waals surface area contributed by atoms with Gasteiger partial charge in [-0.1, -0.05) is 11.3 Å². The first kappa shape index (κ1) is 16.4. The topological polar surface area (TPSA) is 119 Å². The number of likely N-dealkylation sites (tertiary alicyclic amines) is 1. The lowest BCUT2D eigenvalue weighted by atomic mass is 9.97. The van der Waals surface area contributed by atoms with Gasteiger partial charge in [-0.05, 0) is 18.9 Å². The molecule has 8 nitrogen and oxygen atoms in total. The number of piperidine rings is 1. The highest BCUT2D eigenvalue weighted by Gasteiger charge is 2.29. The SMILES string of the molecule is NCCNC(=O)C1CCCN(C(=O)c2ccc([N+](=O)[O-])s2)C1. The lowest BCUT2D eigenvalue weighted by Crippen LogP contribution is -2.46. The fourth-order valence-corrected chi connectivity index (χ4v) is 3.20. The zero-order chi connectivity index (χ0) is 16.1. The summed E-state index contributed by atoms with van der Waals surface area (Å²) in [6.07, 6.45) is 1.46. The van der Waals surface area contributed by atoms with Gasteiger partial charge in [-0.15, -0.1) is 0 Å². The fraction of sp³-hybridized carbons (Fsp3) is 0.538. The minimum absolute atomic E-state index is 0.0578. The van der Waals surface area contributed by atoms with Crippen LogP contribution in [0.2, 0.25) is 0 Å². The van der Waals surface area contributed by atoms with E-state index in [0.717, 1.165) is 24.2 Å². The quantitative estimate of drug-likeness (QED) is 0.606. The maximum absolute atomic E-state index is 12.4. The molecule has 1 atom stereocenters. The van der Waals surface area contributed by atoms with Crippen LogP contribution in [-0.4, -0.2) is 47.8 Å². The summed E-state index contributed by atoms with van der Waals surface area (Å²) in [6.45, 7) is 1.69. The molecule has 0 bridgehead atoms. The van der Waals surface area contributed by atoms with Crippen molar-refractivity contribution in [2.24, 2.45) is 11.7 Å². The van der Waals surface area contributed by atoms with Crippen LogP contribution in [-0.2, 0) is 4.79 Å². The molecule has 0 radical (unpaired) electrons. The second-order valence-electron chi connectivity index (χ2n) is 5.07. The molecule has 1 aliphatic rings. The van der Waals surface area contributed by atoms with E-state index >= 15 is 0 Å². The summed E-state index contributed by atoms with van der Waals surface area (Å²) in [5, 5.41) is 13.4. The molecule has 1 aliphatic heterocycles. The molecule has 3 N–H and O–H groups in total. The van der Waals surface area contributed by atoms with E-state index in [1.807, 2.05) is 0 Å². The van der Waals surface area contributed by atoms with Crippen LogP contribution >= 0.6 is 11.3 Å². The van der Waals surface area contributed by atoms with Gasteiger partial charge in [-0.2, -0.15) is 0 Å².